The SMILES string of the molecule is CCCCCC(CCCCC(=O)O)C(=O)O.N. The number of carbonyl (C=O) groups is 2. The first-order chi connectivity index (χ1) is 7.57. The molecule has 17 heavy (non-hydrogen) atoms. The number of carboxylic acids is 2. The predicted octanol–water partition coefficient (Wildman–Crippen LogP) is 3.07. The average molecular weight is 247 g/mol. The minimum absolute atomic E-state index is 0. The van der Waals surface area contributed by atoms with Gasteiger partial charge in [-0.15, -0.1) is 0 Å². The quantitative estimate of drug-likeness (QED) is 0.514. The summed E-state index contributed by atoms with van der Waals surface area (Å²) in [5, 5.41) is 17.4. The van der Waals surface area contributed by atoms with E-state index in [0.29, 0.717) is 19.3 Å². The highest BCUT2D eigenvalue weighted by Crippen LogP contribution is 2.17. The van der Waals surface area contributed by atoms with Crippen LogP contribution in [-0.4, -0.2) is 22.2 Å². The smallest absolute Gasteiger partial charge is 0.306 e. The highest BCUT2D eigenvalue weighted by molar-refractivity contribution is 5.69. The lowest BCUT2D eigenvalue weighted by Crippen LogP contribution is -2.13. The van der Waals surface area contributed by atoms with Crippen LogP contribution in [0.25, 0.3) is 0 Å². The molecule has 5 heteroatoms. The molecule has 1 unspecified atom stereocenters. The molecule has 0 spiro atoms. The fourth-order valence-electron chi connectivity index (χ4n) is 1.70. The zero-order chi connectivity index (χ0) is 12.4. The number of hydrogen-bond acceptors (Lipinski definition) is 3. The molecule has 5 N–H and O–H groups in total. The Morgan fingerprint density at radius 2 is 1.53 bits per heavy atom. The van der Waals surface area contributed by atoms with E-state index in [2.05, 4.69) is 6.92 Å². The Morgan fingerprint density at radius 1 is 1.00 bits per heavy atom. The summed E-state index contributed by atoms with van der Waals surface area (Å²) in [5.74, 6) is -1.84. The molecule has 0 saturated heterocycles. The Balaban J connectivity index is 0. The second-order valence-corrected chi connectivity index (χ2v) is 4.17. The van der Waals surface area contributed by atoms with Gasteiger partial charge >= 0.3 is 11.9 Å². The summed E-state index contributed by atoms with van der Waals surface area (Å²) in [6.45, 7) is 2.09. The molecule has 0 aromatic carbocycles. The van der Waals surface area contributed by atoms with Crippen LogP contribution in [0.1, 0.15) is 58.3 Å². The lowest BCUT2D eigenvalue weighted by Gasteiger charge is -2.11. The molecular weight excluding hydrogens is 222 g/mol. The van der Waals surface area contributed by atoms with Crippen LogP contribution >= 0.6 is 0 Å². The second kappa shape index (κ2) is 11.4. The largest absolute Gasteiger partial charge is 0.481 e. The van der Waals surface area contributed by atoms with Gasteiger partial charge in [0, 0.05) is 6.42 Å². The topological polar surface area (TPSA) is 110 Å². The molecule has 0 fully saturated rings. The Labute approximate surface area is 103 Å². The number of unbranched alkanes of at least 4 members (excludes halogenated alkanes) is 3. The standard InChI is InChI=1S/C12H22O4.H3N/c1-2-3-4-7-10(12(15)16)8-5-6-9-11(13)14;/h10H,2-9H2,1H3,(H,13,14)(H,15,16);1H3. The van der Waals surface area contributed by atoms with Gasteiger partial charge < -0.3 is 16.4 Å². The van der Waals surface area contributed by atoms with Crippen LogP contribution in [0.2, 0.25) is 0 Å². The molecule has 0 heterocycles. The zero-order valence-electron chi connectivity index (χ0n) is 10.7. The summed E-state index contributed by atoms with van der Waals surface area (Å²) in [5.41, 5.74) is 0. The van der Waals surface area contributed by atoms with E-state index in [0.717, 1.165) is 25.7 Å². The van der Waals surface area contributed by atoms with Crippen LogP contribution in [0.3, 0.4) is 0 Å². The number of rotatable bonds is 10. The second-order valence-electron chi connectivity index (χ2n) is 4.17. The summed E-state index contributed by atoms with van der Waals surface area (Å²) >= 11 is 0. The van der Waals surface area contributed by atoms with Crippen molar-refractivity contribution in [1.82, 2.24) is 6.15 Å². The van der Waals surface area contributed by atoms with Gasteiger partial charge in [-0.25, -0.2) is 0 Å². The molecular formula is C12H25NO4. The molecule has 0 aliphatic carbocycles. The van der Waals surface area contributed by atoms with Crippen LogP contribution in [-0.2, 0) is 9.59 Å². The maximum absolute atomic E-state index is 10.9. The van der Waals surface area contributed by atoms with E-state index >= 15 is 0 Å². The summed E-state index contributed by atoms with van der Waals surface area (Å²) in [7, 11) is 0. The van der Waals surface area contributed by atoms with Crippen LogP contribution in [0, 0.1) is 5.92 Å². The van der Waals surface area contributed by atoms with Crippen LogP contribution < -0.4 is 6.15 Å². The first-order valence-corrected chi connectivity index (χ1v) is 6.02. The molecule has 0 aliphatic rings. The first kappa shape index (κ1) is 18.3. The zero-order valence-corrected chi connectivity index (χ0v) is 10.7. The van der Waals surface area contributed by atoms with Crippen molar-refractivity contribution in [1.29, 1.82) is 0 Å². The van der Waals surface area contributed by atoms with Crippen molar-refractivity contribution in [2.45, 2.75) is 58.3 Å². The van der Waals surface area contributed by atoms with Crippen molar-refractivity contribution in [3.63, 3.8) is 0 Å². The third-order valence-electron chi connectivity index (χ3n) is 2.70. The predicted molar refractivity (Wildman–Crippen MR) is 66.4 cm³/mol. The van der Waals surface area contributed by atoms with Crippen molar-refractivity contribution in [2.75, 3.05) is 0 Å². The lowest BCUT2D eigenvalue weighted by molar-refractivity contribution is -0.142. The van der Waals surface area contributed by atoms with Crippen molar-refractivity contribution in [3.05, 3.63) is 0 Å². The molecule has 0 amide bonds. The number of aliphatic carboxylic acids is 2. The van der Waals surface area contributed by atoms with Gasteiger partial charge in [0.2, 0.25) is 0 Å². The number of hydrogen-bond donors (Lipinski definition) is 3. The fraction of sp³-hybridized carbons (Fsp3) is 0.833. The highest BCUT2D eigenvalue weighted by atomic mass is 16.4. The maximum Gasteiger partial charge on any atom is 0.306 e. The van der Waals surface area contributed by atoms with Crippen molar-refractivity contribution in [2.24, 2.45) is 5.92 Å². The Morgan fingerprint density at radius 3 is 1.94 bits per heavy atom. The number of carboxylic acid groups (broad SMARTS) is 2. The Bertz CT molecular complexity index is 219. The lowest BCUT2D eigenvalue weighted by atomic mass is 9.95. The van der Waals surface area contributed by atoms with Gasteiger partial charge in [-0.2, -0.15) is 0 Å². The molecule has 0 radical (unpaired) electrons. The summed E-state index contributed by atoms with van der Waals surface area (Å²) < 4.78 is 0. The van der Waals surface area contributed by atoms with Gasteiger partial charge in [0.15, 0.2) is 0 Å². The van der Waals surface area contributed by atoms with E-state index in [1.807, 2.05) is 0 Å². The van der Waals surface area contributed by atoms with Gasteiger partial charge in [0.25, 0.3) is 0 Å². The van der Waals surface area contributed by atoms with Gasteiger partial charge in [-0.05, 0) is 19.3 Å². The monoisotopic (exact) mass is 247 g/mol. The Kier molecular flexibility index (Phi) is 12.2. The van der Waals surface area contributed by atoms with Crippen molar-refractivity contribution >= 4 is 11.9 Å². The van der Waals surface area contributed by atoms with Crippen molar-refractivity contribution in [3.8, 4) is 0 Å². The average Bonchev–Trinajstić information content (AvgIpc) is 2.21. The highest BCUT2D eigenvalue weighted by Gasteiger charge is 2.16. The Hall–Kier alpha value is -1.10. The van der Waals surface area contributed by atoms with Crippen LogP contribution in [0.15, 0.2) is 0 Å². The van der Waals surface area contributed by atoms with Gasteiger partial charge in [0.05, 0.1) is 5.92 Å². The minimum atomic E-state index is -0.808. The third kappa shape index (κ3) is 11.2. The maximum atomic E-state index is 10.9. The summed E-state index contributed by atoms with van der Waals surface area (Å²) in [4.78, 5) is 21.2. The van der Waals surface area contributed by atoms with E-state index in [-0.39, 0.29) is 18.5 Å². The molecule has 0 aromatic rings. The van der Waals surface area contributed by atoms with Crippen LogP contribution in [0.5, 0.6) is 0 Å². The van der Waals surface area contributed by atoms with Crippen LogP contribution in [0.4, 0.5) is 0 Å². The minimum Gasteiger partial charge on any atom is -0.481 e. The molecule has 1 atom stereocenters. The fourth-order valence-corrected chi connectivity index (χ4v) is 1.70. The molecule has 0 saturated carbocycles. The normalized spacial score (nSPS) is 11.6. The van der Waals surface area contributed by atoms with E-state index in [9.17, 15) is 9.59 Å². The molecule has 5 nitrogen and oxygen atoms in total. The third-order valence-corrected chi connectivity index (χ3v) is 2.70. The molecule has 102 valence electrons. The molecule has 0 bridgehead atoms. The van der Waals surface area contributed by atoms with Crippen molar-refractivity contribution < 1.29 is 19.8 Å². The van der Waals surface area contributed by atoms with E-state index in [4.69, 9.17) is 10.2 Å². The summed E-state index contributed by atoms with van der Waals surface area (Å²) in [6.07, 6.45) is 5.84. The van der Waals surface area contributed by atoms with E-state index in [1.165, 1.54) is 0 Å². The molecule has 0 aliphatic heterocycles. The van der Waals surface area contributed by atoms with E-state index in [1.54, 1.807) is 0 Å². The molecule has 0 rings (SSSR count). The summed E-state index contributed by atoms with van der Waals surface area (Å²) in [6, 6.07) is 0. The van der Waals surface area contributed by atoms with E-state index < -0.39 is 11.9 Å². The van der Waals surface area contributed by atoms with Gasteiger partial charge in [-0.3, -0.25) is 9.59 Å². The van der Waals surface area contributed by atoms with Gasteiger partial charge in [0.1, 0.15) is 0 Å². The van der Waals surface area contributed by atoms with Gasteiger partial charge in [-0.1, -0.05) is 32.6 Å². The first-order valence-electron chi connectivity index (χ1n) is 6.02. The molecule has 0 aromatic heterocycles.